The molecule has 2 aliphatic heterocycles. The fourth-order valence-corrected chi connectivity index (χ4v) is 3.45. The van der Waals surface area contributed by atoms with Crippen molar-refractivity contribution in [1.82, 2.24) is 4.90 Å². The number of benzene rings is 1. The predicted molar refractivity (Wildman–Crippen MR) is 85.6 cm³/mol. The third-order valence-corrected chi connectivity index (χ3v) is 5.00. The molecule has 0 radical (unpaired) electrons. The van der Waals surface area contributed by atoms with Crippen LogP contribution in [0.25, 0.3) is 0 Å². The van der Waals surface area contributed by atoms with Gasteiger partial charge in [0.15, 0.2) is 0 Å². The second-order valence-corrected chi connectivity index (χ2v) is 6.77. The number of carbonyl (C=O) groups excluding carboxylic acids is 3. The largest absolute Gasteiger partial charge is 0.339 e. The van der Waals surface area contributed by atoms with Gasteiger partial charge in [0.05, 0.1) is 11.3 Å². The Hall–Kier alpha value is -2.17. The molecular formula is C18H20N2O3. The van der Waals surface area contributed by atoms with E-state index in [2.05, 4.69) is 0 Å². The molecule has 0 unspecified atom stereocenters. The van der Waals surface area contributed by atoms with Gasteiger partial charge in [0.2, 0.25) is 0 Å². The van der Waals surface area contributed by atoms with E-state index in [1.165, 1.54) is 0 Å². The van der Waals surface area contributed by atoms with Crippen LogP contribution in [0.15, 0.2) is 18.2 Å². The molecule has 0 aromatic heterocycles. The monoisotopic (exact) mass is 312 g/mol. The minimum Gasteiger partial charge on any atom is -0.339 e. The van der Waals surface area contributed by atoms with Gasteiger partial charge in [0, 0.05) is 25.2 Å². The van der Waals surface area contributed by atoms with Crippen molar-refractivity contribution in [1.29, 1.82) is 0 Å². The molecule has 3 aliphatic rings. The number of piperidine rings is 1. The summed E-state index contributed by atoms with van der Waals surface area (Å²) in [5.41, 5.74) is 1.57. The summed E-state index contributed by atoms with van der Waals surface area (Å²) in [6.07, 6.45) is 5.47. The maximum Gasteiger partial charge on any atom is 0.299 e. The van der Waals surface area contributed by atoms with Crippen LogP contribution >= 0.6 is 0 Å². The van der Waals surface area contributed by atoms with Crippen LogP contribution in [0, 0.1) is 5.92 Å². The number of Topliss-reactive ketones (excluding diaryl/α,β-unsaturated/α-hetero) is 1. The van der Waals surface area contributed by atoms with E-state index in [1.54, 1.807) is 23.1 Å². The molecule has 23 heavy (non-hydrogen) atoms. The van der Waals surface area contributed by atoms with Crippen LogP contribution in [-0.4, -0.2) is 42.1 Å². The summed E-state index contributed by atoms with van der Waals surface area (Å²) >= 11 is 0. The van der Waals surface area contributed by atoms with Gasteiger partial charge in [0.25, 0.3) is 17.6 Å². The molecule has 120 valence electrons. The SMILES string of the molecule is O=C1C(=O)N(CC2CC2)c2ccc(C(=O)N3CCCCC3)cc21. The minimum atomic E-state index is -0.478. The summed E-state index contributed by atoms with van der Waals surface area (Å²) in [6, 6.07) is 5.12. The van der Waals surface area contributed by atoms with Gasteiger partial charge in [0.1, 0.15) is 0 Å². The summed E-state index contributed by atoms with van der Waals surface area (Å²) in [7, 11) is 0. The van der Waals surface area contributed by atoms with Crippen molar-refractivity contribution in [3.8, 4) is 0 Å². The first-order valence-corrected chi connectivity index (χ1v) is 8.44. The fourth-order valence-electron chi connectivity index (χ4n) is 3.45. The smallest absolute Gasteiger partial charge is 0.299 e. The molecule has 2 amide bonds. The summed E-state index contributed by atoms with van der Waals surface area (Å²) in [5.74, 6) is -0.441. The number of rotatable bonds is 3. The maximum atomic E-state index is 12.6. The first kappa shape index (κ1) is 14.4. The average Bonchev–Trinajstić information content (AvgIpc) is 3.38. The molecule has 1 saturated heterocycles. The van der Waals surface area contributed by atoms with E-state index in [0.29, 0.717) is 29.3 Å². The first-order valence-electron chi connectivity index (χ1n) is 8.44. The van der Waals surface area contributed by atoms with Crippen LogP contribution in [0.3, 0.4) is 0 Å². The lowest BCUT2D eigenvalue weighted by Gasteiger charge is -2.27. The van der Waals surface area contributed by atoms with Crippen molar-refractivity contribution in [3.05, 3.63) is 29.3 Å². The maximum absolute atomic E-state index is 12.6. The molecule has 0 spiro atoms. The van der Waals surface area contributed by atoms with Gasteiger partial charge in [-0.3, -0.25) is 14.4 Å². The lowest BCUT2D eigenvalue weighted by Crippen LogP contribution is -2.35. The van der Waals surface area contributed by atoms with E-state index in [9.17, 15) is 14.4 Å². The van der Waals surface area contributed by atoms with E-state index in [4.69, 9.17) is 0 Å². The molecule has 0 bridgehead atoms. The standard InChI is InChI=1S/C18H20N2O3/c21-16-14-10-13(17(22)19-8-2-1-3-9-19)6-7-15(14)20(18(16)23)11-12-4-5-12/h6-7,10,12H,1-5,8-9,11H2. The van der Waals surface area contributed by atoms with Crippen molar-refractivity contribution in [2.24, 2.45) is 5.92 Å². The van der Waals surface area contributed by atoms with E-state index in [1.807, 2.05) is 4.90 Å². The number of likely N-dealkylation sites (tertiary alicyclic amines) is 1. The van der Waals surface area contributed by atoms with E-state index >= 15 is 0 Å². The highest BCUT2D eigenvalue weighted by Gasteiger charge is 2.39. The Morgan fingerprint density at radius 2 is 1.83 bits per heavy atom. The van der Waals surface area contributed by atoms with Crippen LogP contribution in [0.4, 0.5) is 5.69 Å². The normalized spacial score (nSPS) is 20.9. The average molecular weight is 312 g/mol. The fraction of sp³-hybridized carbons (Fsp3) is 0.500. The van der Waals surface area contributed by atoms with Gasteiger partial charge in [-0.2, -0.15) is 0 Å². The highest BCUT2D eigenvalue weighted by atomic mass is 16.2. The third-order valence-electron chi connectivity index (χ3n) is 5.00. The summed E-state index contributed by atoms with van der Waals surface area (Å²) in [6.45, 7) is 2.17. The van der Waals surface area contributed by atoms with Gasteiger partial charge in [-0.05, 0) is 56.2 Å². The lowest BCUT2D eigenvalue weighted by atomic mass is 10.0. The number of hydrogen-bond acceptors (Lipinski definition) is 3. The number of amides is 2. The highest BCUT2D eigenvalue weighted by molar-refractivity contribution is 6.52. The second-order valence-electron chi connectivity index (χ2n) is 6.77. The van der Waals surface area contributed by atoms with Gasteiger partial charge >= 0.3 is 0 Å². The number of nitrogens with zero attached hydrogens (tertiary/aromatic N) is 2. The molecule has 1 aromatic carbocycles. The van der Waals surface area contributed by atoms with E-state index in [0.717, 1.165) is 45.2 Å². The highest BCUT2D eigenvalue weighted by Crippen LogP contribution is 2.36. The zero-order valence-electron chi connectivity index (χ0n) is 13.1. The Morgan fingerprint density at radius 1 is 1.09 bits per heavy atom. The zero-order chi connectivity index (χ0) is 16.0. The van der Waals surface area contributed by atoms with Crippen LogP contribution in [-0.2, 0) is 4.79 Å². The molecule has 2 heterocycles. The molecule has 1 aromatic rings. The van der Waals surface area contributed by atoms with Crippen molar-refractivity contribution < 1.29 is 14.4 Å². The molecule has 0 atom stereocenters. The molecular weight excluding hydrogens is 292 g/mol. The van der Waals surface area contributed by atoms with Crippen molar-refractivity contribution >= 4 is 23.3 Å². The Bertz CT molecular complexity index is 688. The van der Waals surface area contributed by atoms with Crippen molar-refractivity contribution in [2.75, 3.05) is 24.5 Å². The molecule has 2 fully saturated rings. The Labute approximate surface area is 135 Å². The molecule has 1 aliphatic carbocycles. The van der Waals surface area contributed by atoms with Crippen LogP contribution in [0.2, 0.25) is 0 Å². The number of anilines is 1. The van der Waals surface area contributed by atoms with E-state index < -0.39 is 11.7 Å². The van der Waals surface area contributed by atoms with Crippen molar-refractivity contribution in [3.63, 3.8) is 0 Å². The molecule has 5 heteroatoms. The topological polar surface area (TPSA) is 57.7 Å². The molecule has 5 nitrogen and oxygen atoms in total. The van der Waals surface area contributed by atoms with Gasteiger partial charge in [-0.15, -0.1) is 0 Å². The quantitative estimate of drug-likeness (QED) is 0.804. The Balaban J connectivity index is 1.61. The van der Waals surface area contributed by atoms with Gasteiger partial charge in [-0.25, -0.2) is 0 Å². The summed E-state index contributed by atoms with van der Waals surface area (Å²) < 4.78 is 0. The van der Waals surface area contributed by atoms with Crippen molar-refractivity contribution in [2.45, 2.75) is 32.1 Å². The Morgan fingerprint density at radius 3 is 2.52 bits per heavy atom. The van der Waals surface area contributed by atoms with Crippen LogP contribution in [0.5, 0.6) is 0 Å². The van der Waals surface area contributed by atoms with Crippen LogP contribution < -0.4 is 4.90 Å². The number of fused-ring (bicyclic) bond motifs is 1. The molecule has 4 rings (SSSR count). The third kappa shape index (κ3) is 2.54. The minimum absolute atomic E-state index is 0.0339. The van der Waals surface area contributed by atoms with Gasteiger partial charge in [-0.1, -0.05) is 0 Å². The summed E-state index contributed by atoms with van der Waals surface area (Å²) in [4.78, 5) is 40.4. The lowest BCUT2D eigenvalue weighted by molar-refractivity contribution is -0.114. The van der Waals surface area contributed by atoms with Crippen LogP contribution in [0.1, 0.15) is 52.8 Å². The zero-order valence-corrected chi connectivity index (χ0v) is 13.1. The second kappa shape index (κ2) is 5.48. The molecule has 0 N–H and O–H groups in total. The van der Waals surface area contributed by atoms with Gasteiger partial charge < -0.3 is 9.80 Å². The number of ketones is 1. The first-order chi connectivity index (χ1) is 11.1. The predicted octanol–water partition coefficient (Wildman–Crippen LogP) is 2.25. The number of hydrogen-bond donors (Lipinski definition) is 0. The number of carbonyl (C=O) groups is 3. The summed E-state index contributed by atoms with van der Waals surface area (Å²) in [5, 5.41) is 0. The van der Waals surface area contributed by atoms with E-state index in [-0.39, 0.29) is 5.91 Å². The Kier molecular flexibility index (Phi) is 3.43. The molecule has 1 saturated carbocycles.